The second-order valence-corrected chi connectivity index (χ2v) is 6.21. The van der Waals surface area contributed by atoms with Crippen molar-refractivity contribution in [1.82, 2.24) is 0 Å². The number of piperidine rings is 1. The molecule has 0 unspecified atom stereocenters. The van der Waals surface area contributed by atoms with Gasteiger partial charge in [0.1, 0.15) is 0 Å². The number of likely N-dealkylation sites (tertiary alicyclic amines) is 1. The van der Waals surface area contributed by atoms with Crippen LogP contribution in [0.4, 0.5) is 5.69 Å². The summed E-state index contributed by atoms with van der Waals surface area (Å²) in [5, 5.41) is 3.38. The predicted molar refractivity (Wildman–Crippen MR) is 89.6 cm³/mol. The second-order valence-electron chi connectivity index (χ2n) is 5.80. The molecule has 1 saturated heterocycles. The van der Waals surface area contributed by atoms with Gasteiger partial charge in [-0.15, -0.1) is 0 Å². The van der Waals surface area contributed by atoms with Crippen molar-refractivity contribution in [3.8, 4) is 0 Å². The van der Waals surface area contributed by atoms with Gasteiger partial charge in [-0.1, -0.05) is 23.7 Å². The first-order valence-corrected chi connectivity index (χ1v) is 8.52. The third-order valence-corrected chi connectivity index (χ3v) is 4.50. The summed E-state index contributed by atoms with van der Waals surface area (Å²) in [5.74, 6) is -0.0863. The number of amides is 1. The minimum absolute atomic E-state index is 0. The zero-order valence-corrected chi connectivity index (χ0v) is 15.3. The van der Waals surface area contributed by atoms with E-state index in [1.54, 1.807) is 12.1 Å². The fraction of sp³-hybridized carbons (Fsp3) is 0.529. The molecule has 134 valence electrons. The molecule has 5 nitrogen and oxygen atoms in total. The molecule has 1 heterocycles. The quantitative estimate of drug-likeness (QED) is 0.597. The molecule has 0 aliphatic carbocycles. The number of carbonyl (C=O) groups excluding carboxylic acids is 2. The lowest BCUT2D eigenvalue weighted by Gasteiger charge is -2.27. The van der Waals surface area contributed by atoms with E-state index in [1.807, 2.05) is 19.1 Å². The number of hydrogen-bond acceptors (Lipinski definition) is 3. The van der Waals surface area contributed by atoms with Crippen LogP contribution < -0.4 is 22.6 Å². The van der Waals surface area contributed by atoms with Gasteiger partial charge in [-0.25, -0.2) is 0 Å². The monoisotopic (exact) mass is 374 g/mol. The highest BCUT2D eigenvalue weighted by atomic mass is 35.5. The normalized spacial score (nSPS) is 19.9. The van der Waals surface area contributed by atoms with E-state index >= 15 is 0 Å². The summed E-state index contributed by atoms with van der Waals surface area (Å²) in [5.41, 5.74) is 0.648. The third kappa shape index (κ3) is 6.30. The maximum Gasteiger partial charge on any atom is 0.309 e. The SMILES string of the molecule is CCOC(=O)C1CC[NH+](CCC(=O)Nc2ccccc2Cl)CC1.[Cl-]. The molecule has 0 radical (unpaired) electrons. The molecule has 0 spiro atoms. The maximum absolute atomic E-state index is 12.0. The fourth-order valence-corrected chi connectivity index (χ4v) is 3.02. The van der Waals surface area contributed by atoms with E-state index in [1.165, 1.54) is 4.90 Å². The smallest absolute Gasteiger partial charge is 0.309 e. The second kappa shape index (κ2) is 10.5. The maximum atomic E-state index is 12.0. The van der Waals surface area contributed by atoms with Crippen LogP contribution in [0.15, 0.2) is 24.3 Å². The molecule has 1 fully saturated rings. The summed E-state index contributed by atoms with van der Waals surface area (Å²) in [6, 6.07) is 7.21. The highest BCUT2D eigenvalue weighted by Crippen LogP contribution is 2.20. The molecule has 1 aromatic rings. The number of rotatable bonds is 6. The highest BCUT2D eigenvalue weighted by Gasteiger charge is 2.28. The Labute approximate surface area is 154 Å². The summed E-state index contributed by atoms with van der Waals surface area (Å²) in [6.07, 6.45) is 2.12. The number of nitrogens with one attached hydrogen (secondary N) is 2. The summed E-state index contributed by atoms with van der Waals surface area (Å²) in [7, 11) is 0. The average molecular weight is 375 g/mol. The van der Waals surface area contributed by atoms with E-state index in [0.717, 1.165) is 32.5 Å². The van der Waals surface area contributed by atoms with Gasteiger partial charge in [-0.2, -0.15) is 0 Å². The number of anilines is 1. The van der Waals surface area contributed by atoms with E-state index in [0.29, 0.717) is 23.7 Å². The number of benzene rings is 1. The van der Waals surface area contributed by atoms with Crippen molar-refractivity contribution in [2.45, 2.75) is 26.2 Å². The van der Waals surface area contributed by atoms with Crippen LogP contribution >= 0.6 is 11.6 Å². The Hall–Kier alpha value is -1.30. The molecule has 0 atom stereocenters. The van der Waals surface area contributed by atoms with Crippen LogP contribution in [0.3, 0.4) is 0 Å². The standard InChI is InChI=1S/C17H23ClN2O3.ClH/c1-2-23-17(22)13-7-10-20(11-8-13)12-9-16(21)19-15-6-4-3-5-14(15)18;/h3-6,13H,2,7-12H2,1H3,(H,19,21);1H. The lowest BCUT2D eigenvalue weighted by Crippen LogP contribution is -3.13. The fourth-order valence-electron chi connectivity index (χ4n) is 2.84. The van der Waals surface area contributed by atoms with Crippen LogP contribution in [-0.4, -0.2) is 38.1 Å². The van der Waals surface area contributed by atoms with Crippen LogP contribution in [0, 0.1) is 5.92 Å². The molecule has 2 N–H and O–H groups in total. The molecule has 1 amide bonds. The van der Waals surface area contributed by atoms with E-state index in [2.05, 4.69) is 5.32 Å². The molecule has 1 aliphatic heterocycles. The highest BCUT2D eigenvalue weighted by molar-refractivity contribution is 6.33. The third-order valence-electron chi connectivity index (χ3n) is 4.17. The van der Waals surface area contributed by atoms with Crippen LogP contribution in [0.1, 0.15) is 26.2 Å². The van der Waals surface area contributed by atoms with Crippen molar-refractivity contribution in [2.24, 2.45) is 5.92 Å². The van der Waals surface area contributed by atoms with Crippen LogP contribution in [-0.2, 0) is 14.3 Å². The van der Waals surface area contributed by atoms with Crippen molar-refractivity contribution >= 4 is 29.2 Å². The van der Waals surface area contributed by atoms with Crippen LogP contribution in [0.25, 0.3) is 0 Å². The molecular weight excluding hydrogens is 351 g/mol. The van der Waals surface area contributed by atoms with Gasteiger partial charge in [0.05, 0.1) is 49.3 Å². The Morgan fingerprint density at radius 2 is 1.96 bits per heavy atom. The van der Waals surface area contributed by atoms with Crippen molar-refractivity contribution in [2.75, 3.05) is 31.6 Å². The lowest BCUT2D eigenvalue weighted by atomic mass is 9.97. The van der Waals surface area contributed by atoms with E-state index in [9.17, 15) is 9.59 Å². The summed E-state index contributed by atoms with van der Waals surface area (Å²) < 4.78 is 5.07. The van der Waals surface area contributed by atoms with E-state index in [4.69, 9.17) is 16.3 Å². The largest absolute Gasteiger partial charge is 1.00 e. The van der Waals surface area contributed by atoms with Gasteiger partial charge < -0.3 is 27.4 Å². The summed E-state index contributed by atoms with van der Waals surface area (Å²) in [6.45, 7) is 4.85. The Bertz CT molecular complexity index is 546. The minimum Gasteiger partial charge on any atom is -1.00 e. The van der Waals surface area contributed by atoms with E-state index in [-0.39, 0.29) is 30.2 Å². The molecule has 0 bridgehead atoms. The van der Waals surface area contributed by atoms with Crippen LogP contribution in [0.2, 0.25) is 5.02 Å². The molecule has 7 heteroatoms. The minimum atomic E-state index is -0.0805. The van der Waals surface area contributed by atoms with E-state index < -0.39 is 0 Å². The summed E-state index contributed by atoms with van der Waals surface area (Å²) >= 11 is 6.02. The average Bonchev–Trinajstić information content (AvgIpc) is 2.56. The first kappa shape index (κ1) is 20.7. The lowest BCUT2D eigenvalue weighted by molar-refractivity contribution is -0.905. The molecule has 0 aromatic heterocycles. The predicted octanol–water partition coefficient (Wildman–Crippen LogP) is -1.47. The van der Waals surface area contributed by atoms with Crippen molar-refractivity contribution in [3.63, 3.8) is 0 Å². The first-order chi connectivity index (χ1) is 11.1. The van der Waals surface area contributed by atoms with Gasteiger partial charge in [-0.05, 0) is 19.1 Å². The number of esters is 1. The van der Waals surface area contributed by atoms with Gasteiger partial charge in [0.15, 0.2) is 0 Å². The number of carbonyl (C=O) groups is 2. The van der Waals surface area contributed by atoms with Gasteiger partial charge in [0, 0.05) is 12.8 Å². The van der Waals surface area contributed by atoms with Gasteiger partial charge in [0.2, 0.25) is 5.91 Å². The topological polar surface area (TPSA) is 59.8 Å². The van der Waals surface area contributed by atoms with Crippen molar-refractivity contribution < 1.29 is 31.6 Å². The molecule has 1 aliphatic rings. The zero-order valence-electron chi connectivity index (χ0n) is 13.8. The van der Waals surface area contributed by atoms with Gasteiger partial charge in [-0.3, -0.25) is 9.59 Å². The number of para-hydroxylation sites is 1. The Balaban J connectivity index is 0.00000288. The number of hydrogen-bond donors (Lipinski definition) is 2. The molecule has 1 aromatic carbocycles. The molecule has 0 saturated carbocycles. The number of halogens is 2. The molecular formula is C17H24Cl2N2O3. The van der Waals surface area contributed by atoms with Crippen LogP contribution in [0.5, 0.6) is 0 Å². The number of quaternary nitrogens is 1. The summed E-state index contributed by atoms with van der Waals surface area (Å²) in [4.78, 5) is 25.1. The van der Waals surface area contributed by atoms with Gasteiger partial charge in [0.25, 0.3) is 0 Å². The zero-order chi connectivity index (χ0) is 16.7. The Morgan fingerprint density at radius 1 is 1.29 bits per heavy atom. The van der Waals surface area contributed by atoms with Crippen molar-refractivity contribution in [3.05, 3.63) is 29.3 Å². The molecule has 2 rings (SSSR count). The van der Waals surface area contributed by atoms with Gasteiger partial charge >= 0.3 is 5.97 Å². The Kier molecular flexibility index (Phi) is 9.11. The Morgan fingerprint density at radius 3 is 2.58 bits per heavy atom. The molecule has 24 heavy (non-hydrogen) atoms. The number of ether oxygens (including phenoxy) is 1. The first-order valence-electron chi connectivity index (χ1n) is 8.14. The van der Waals surface area contributed by atoms with Crippen molar-refractivity contribution in [1.29, 1.82) is 0 Å².